The minimum absolute atomic E-state index is 0.125. The Morgan fingerprint density at radius 1 is 1.20 bits per heavy atom. The van der Waals surface area contributed by atoms with Gasteiger partial charge in [-0.05, 0) is 18.4 Å². The number of primary amides is 1. The molecule has 1 rings (SSSR count). The summed E-state index contributed by atoms with van der Waals surface area (Å²) in [6.45, 7) is 8.40. The van der Waals surface area contributed by atoms with E-state index in [0.717, 1.165) is 13.1 Å². The number of amides is 2. The molecule has 1 aliphatic heterocycles. The number of carbonyl (C=O) groups excluding carboxylic acids is 2. The van der Waals surface area contributed by atoms with Gasteiger partial charge in [-0.3, -0.25) is 14.8 Å². The van der Waals surface area contributed by atoms with Gasteiger partial charge < -0.3 is 15.7 Å². The van der Waals surface area contributed by atoms with Crippen molar-refractivity contribution < 1.29 is 37.9 Å². The van der Waals surface area contributed by atoms with Crippen LogP contribution in [0.3, 0.4) is 0 Å². The number of hydroxylamine groups is 1. The van der Waals surface area contributed by atoms with Crippen molar-refractivity contribution in [3.63, 3.8) is 0 Å². The third kappa shape index (κ3) is 8.68. The molecular formula is C14H24F3N3O5. The molecule has 1 heterocycles. The maximum Gasteiger partial charge on any atom is 0.490 e. The summed E-state index contributed by atoms with van der Waals surface area (Å²) in [4.78, 5) is 34.0. The third-order valence-electron chi connectivity index (χ3n) is 3.45. The molecule has 146 valence electrons. The topological polar surface area (TPSA) is 133 Å². The van der Waals surface area contributed by atoms with Gasteiger partial charge in [0.1, 0.15) is 0 Å². The highest BCUT2D eigenvalue weighted by molar-refractivity contribution is 5.86. The summed E-state index contributed by atoms with van der Waals surface area (Å²) < 4.78 is 31.7. The van der Waals surface area contributed by atoms with Crippen molar-refractivity contribution in [2.24, 2.45) is 23.0 Å². The average molecular weight is 371 g/mol. The van der Waals surface area contributed by atoms with Gasteiger partial charge in [0.2, 0.25) is 11.8 Å². The second-order valence-electron chi connectivity index (χ2n) is 6.98. The first kappa shape index (κ1) is 23.1. The highest BCUT2D eigenvalue weighted by Gasteiger charge is 2.39. The van der Waals surface area contributed by atoms with E-state index in [0.29, 0.717) is 13.0 Å². The van der Waals surface area contributed by atoms with Crippen molar-refractivity contribution in [1.82, 2.24) is 10.4 Å². The number of hydrogen-bond acceptors (Lipinski definition) is 5. The smallest absolute Gasteiger partial charge is 0.475 e. The van der Waals surface area contributed by atoms with E-state index in [1.54, 1.807) is 5.48 Å². The van der Waals surface area contributed by atoms with Crippen molar-refractivity contribution in [3.8, 4) is 0 Å². The van der Waals surface area contributed by atoms with Crippen molar-refractivity contribution in [3.05, 3.63) is 0 Å². The number of halogens is 3. The van der Waals surface area contributed by atoms with E-state index in [-0.39, 0.29) is 5.41 Å². The fraction of sp³-hybridized carbons (Fsp3) is 0.786. The zero-order chi connectivity index (χ0) is 20.0. The van der Waals surface area contributed by atoms with E-state index in [4.69, 9.17) is 20.8 Å². The molecule has 11 heteroatoms. The predicted octanol–water partition coefficient (Wildman–Crippen LogP) is 0.595. The van der Waals surface area contributed by atoms with Crippen LogP contribution in [0.25, 0.3) is 0 Å². The molecule has 0 aromatic rings. The van der Waals surface area contributed by atoms with E-state index >= 15 is 0 Å². The van der Waals surface area contributed by atoms with Gasteiger partial charge in [-0.15, -0.1) is 0 Å². The number of carboxylic acids is 1. The van der Waals surface area contributed by atoms with Gasteiger partial charge in [0.25, 0.3) is 0 Å². The molecule has 0 aromatic heterocycles. The molecule has 8 nitrogen and oxygen atoms in total. The summed E-state index contributed by atoms with van der Waals surface area (Å²) >= 11 is 0. The van der Waals surface area contributed by atoms with Crippen LogP contribution in [0.1, 0.15) is 27.2 Å². The average Bonchev–Trinajstić information content (AvgIpc) is 2.43. The van der Waals surface area contributed by atoms with Crippen LogP contribution < -0.4 is 11.2 Å². The summed E-state index contributed by atoms with van der Waals surface area (Å²) in [6.07, 6.45) is -4.52. The van der Waals surface area contributed by atoms with Crippen LogP contribution in [0, 0.1) is 17.3 Å². The highest BCUT2D eigenvalue weighted by Crippen LogP contribution is 2.26. The lowest BCUT2D eigenvalue weighted by Gasteiger charge is -2.38. The SMILES string of the molecule is CC(C)(C)CN1CCC(C(N)=O)C(C(=O)NO)C1.O=C(O)C(F)(F)F. The van der Waals surface area contributed by atoms with Crippen LogP contribution in [-0.2, 0) is 14.4 Å². The van der Waals surface area contributed by atoms with E-state index in [9.17, 15) is 22.8 Å². The van der Waals surface area contributed by atoms with E-state index < -0.39 is 35.8 Å². The van der Waals surface area contributed by atoms with Crippen molar-refractivity contribution in [2.75, 3.05) is 19.6 Å². The first-order valence-electron chi connectivity index (χ1n) is 7.44. The standard InChI is InChI=1S/C12H23N3O3.C2HF3O2/c1-12(2,3)7-15-5-4-8(10(13)16)9(6-15)11(17)14-18;3-2(4,5)1(6)7/h8-9,18H,4-7H2,1-3H3,(H2,13,16)(H,14,17);(H,6,7). The van der Waals surface area contributed by atoms with E-state index in [1.165, 1.54) is 0 Å². The number of alkyl halides is 3. The second kappa shape index (κ2) is 8.99. The minimum atomic E-state index is -5.08. The number of nitrogens with one attached hydrogen (secondary N) is 1. The van der Waals surface area contributed by atoms with E-state index in [1.807, 2.05) is 0 Å². The summed E-state index contributed by atoms with van der Waals surface area (Å²) in [6, 6.07) is 0. The molecule has 1 fully saturated rings. The summed E-state index contributed by atoms with van der Waals surface area (Å²) in [7, 11) is 0. The maximum atomic E-state index is 11.6. The number of likely N-dealkylation sites (tertiary alicyclic amines) is 1. The predicted molar refractivity (Wildman–Crippen MR) is 80.3 cm³/mol. The minimum Gasteiger partial charge on any atom is -0.475 e. The molecule has 0 radical (unpaired) electrons. The summed E-state index contributed by atoms with van der Waals surface area (Å²) in [5, 5.41) is 15.9. The molecule has 2 amide bonds. The number of carbonyl (C=O) groups is 3. The molecule has 1 aliphatic rings. The monoisotopic (exact) mass is 371 g/mol. The number of aliphatic carboxylic acids is 1. The van der Waals surface area contributed by atoms with Crippen LogP contribution in [0.5, 0.6) is 0 Å². The number of carboxylic acid groups (broad SMARTS) is 1. The molecular weight excluding hydrogens is 347 g/mol. The van der Waals surface area contributed by atoms with Gasteiger partial charge in [-0.1, -0.05) is 20.8 Å². The quantitative estimate of drug-likeness (QED) is 0.424. The largest absolute Gasteiger partial charge is 0.490 e. The fourth-order valence-corrected chi connectivity index (χ4v) is 2.52. The van der Waals surface area contributed by atoms with Crippen LogP contribution >= 0.6 is 0 Å². The van der Waals surface area contributed by atoms with Gasteiger partial charge in [-0.25, -0.2) is 10.3 Å². The summed E-state index contributed by atoms with van der Waals surface area (Å²) in [5.74, 6) is -4.82. The molecule has 0 aliphatic carbocycles. The zero-order valence-electron chi connectivity index (χ0n) is 14.3. The van der Waals surface area contributed by atoms with Crippen LogP contribution in [0.2, 0.25) is 0 Å². The van der Waals surface area contributed by atoms with Crippen molar-refractivity contribution >= 4 is 17.8 Å². The Balaban J connectivity index is 0.000000697. The molecule has 0 aromatic carbocycles. The highest BCUT2D eigenvalue weighted by atomic mass is 19.4. The van der Waals surface area contributed by atoms with Crippen LogP contribution in [0.15, 0.2) is 0 Å². The lowest BCUT2D eigenvalue weighted by Crippen LogP contribution is -2.52. The number of hydrogen-bond donors (Lipinski definition) is 4. The maximum absolute atomic E-state index is 11.6. The van der Waals surface area contributed by atoms with Crippen molar-refractivity contribution in [2.45, 2.75) is 33.4 Å². The molecule has 1 saturated heterocycles. The summed E-state index contributed by atoms with van der Waals surface area (Å²) in [5.41, 5.74) is 7.06. The Bertz CT molecular complexity index is 491. The Morgan fingerprint density at radius 3 is 2.00 bits per heavy atom. The fourth-order valence-electron chi connectivity index (χ4n) is 2.52. The molecule has 0 bridgehead atoms. The second-order valence-corrected chi connectivity index (χ2v) is 6.98. The molecule has 0 spiro atoms. The Morgan fingerprint density at radius 2 is 1.68 bits per heavy atom. The number of piperidine rings is 1. The number of nitrogens with two attached hydrogens (primary N) is 1. The first-order valence-corrected chi connectivity index (χ1v) is 7.44. The molecule has 25 heavy (non-hydrogen) atoms. The molecule has 2 atom stereocenters. The van der Waals surface area contributed by atoms with Crippen molar-refractivity contribution in [1.29, 1.82) is 0 Å². The molecule has 0 saturated carbocycles. The van der Waals surface area contributed by atoms with Crippen LogP contribution in [0.4, 0.5) is 13.2 Å². The number of nitrogens with zero attached hydrogens (tertiary/aromatic N) is 1. The first-order chi connectivity index (χ1) is 11.2. The molecule has 2 unspecified atom stereocenters. The zero-order valence-corrected chi connectivity index (χ0v) is 14.3. The van der Waals surface area contributed by atoms with Crippen LogP contribution in [-0.4, -0.2) is 58.8 Å². The lowest BCUT2D eigenvalue weighted by atomic mass is 9.83. The lowest BCUT2D eigenvalue weighted by molar-refractivity contribution is -0.192. The van der Waals surface area contributed by atoms with Gasteiger partial charge >= 0.3 is 12.1 Å². The number of rotatable bonds is 3. The molecule has 5 N–H and O–H groups in total. The van der Waals surface area contributed by atoms with Gasteiger partial charge in [0.05, 0.1) is 11.8 Å². The Labute approximate surface area is 143 Å². The Kier molecular flexibility index (Phi) is 8.32. The normalized spacial score (nSPS) is 21.7. The third-order valence-corrected chi connectivity index (χ3v) is 3.45. The van der Waals surface area contributed by atoms with Gasteiger partial charge in [0, 0.05) is 13.1 Å². The van der Waals surface area contributed by atoms with E-state index in [2.05, 4.69) is 25.7 Å². The van der Waals surface area contributed by atoms with Gasteiger partial charge in [-0.2, -0.15) is 13.2 Å². The Hall–Kier alpha value is -1.88. The van der Waals surface area contributed by atoms with Gasteiger partial charge in [0.15, 0.2) is 0 Å².